The number of halogens is 3. The zero-order valence-electron chi connectivity index (χ0n) is 9.35. The first kappa shape index (κ1) is 14.1. The molecule has 0 aliphatic heterocycles. The van der Waals surface area contributed by atoms with Crippen molar-refractivity contribution >= 4 is 11.8 Å². The van der Waals surface area contributed by atoms with Crippen LogP contribution in [-0.2, 0) is 4.74 Å². The van der Waals surface area contributed by atoms with E-state index in [0.717, 1.165) is 12.8 Å². The van der Waals surface area contributed by atoms with Crippen molar-refractivity contribution in [2.75, 3.05) is 26.0 Å². The first-order valence-corrected chi connectivity index (χ1v) is 6.70. The monoisotopic (exact) mass is 257 g/mol. The van der Waals surface area contributed by atoms with Crippen LogP contribution < -0.4 is 5.32 Å². The highest BCUT2D eigenvalue weighted by Crippen LogP contribution is 2.27. The lowest BCUT2D eigenvalue weighted by molar-refractivity contribution is -0.173. The van der Waals surface area contributed by atoms with Crippen molar-refractivity contribution < 1.29 is 17.9 Å². The van der Waals surface area contributed by atoms with Crippen molar-refractivity contribution in [1.29, 1.82) is 0 Å². The van der Waals surface area contributed by atoms with Crippen LogP contribution in [0.3, 0.4) is 0 Å². The van der Waals surface area contributed by atoms with Crippen molar-refractivity contribution in [3.63, 3.8) is 0 Å². The number of alkyl halides is 3. The molecular formula is C10H18F3NOS. The highest BCUT2D eigenvalue weighted by Gasteiger charge is 2.27. The van der Waals surface area contributed by atoms with Gasteiger partial charge >= 0.3 is 6.18 Å². The number of thioether (sulfide) groups is 1. The van der Waals surface area contributed by atoms with Gasteiger partial charge in [-0.05, 0) is 25.5 Å². The van der Waals surface area contributed by atoms with Gasteiger partial charge in [0.15, 0.2) is 0 Å². The maximum absolute atomic E-state index is 11.7. The number of nitrogens with one attached hydrogen (secondary N) is 1. The molecule has 1 rings (SSSR count). The van der Waals surface area contributed by atoms with Gasteiger partial charge in [0.2, 0.25) is 0 Å². The molecule has 2 nitrogen and oxygen atoms in total. The summed E-state index contributed by atoms with van der Waals surface area (Å²) in [4.78, 5) is 0. The van der Waals surface area contributed by atoms with Crippen molar-refractivity contribution in [2.45, 2.75) is 36.7 Å². The average molecular weight is 257 g/mol. The molecule has 0 spiro atoms. The fourth-order valence-corrected chi connectivity index (χ4v) is 2.66. The first-order chi connectivity index (χ1) is 7.51. The second kappa shape index (κ2) is 6.71. The molecule has 0 aromatic rings. The second-order valence-corrected chi connectivity index (χ2v) is 5.13. The third-order valence-corrected chi connectivity index (χ3v) is 3.76. The van der Waals surface area contributed by atoms with Crippen LogP contribution in [0, 0.1) is 0 Å². The number of ether oxygens (including phenoxy) is 1. The van der Waals surface area contributed by atoms with Crippen LogP contribution in [0.4, 0.5) is 13.2 Å². The molecule has 1 N–H and O–H groups in total. The third-order valence-electron chi connectivity index (χ3n) is 2.66. The smallest absolute Gasteiger partial charge is 0.371 e. The fourth-order valence-electron chi connectivity index (χ4n) is 1.86. The van der Waals surface area contributed by atoms with Gasteiger partial charge in [-0.3, -0.25) is 0 Å². The van der Waals surface area contributed by atoms with Crippen molar-refractivity contribution in [2.24, 2.45) is 0 Å². The van der Waals surface area contributed by atoms with Gasteiger partial charge in [-0.1, -0.05) is 0 Å². The molecule has 1 fully saturated rings. The Kier molecular flexibility index (Phi) is 5.92. The van der Waals surface area contributed by atoms with E-state index in [4.69, 9.17) is 0 Å². The topological polar surface area (TPSA) is 21.3 Å². The summed E-state index contributed by atoms with van der Waals surface area (Å²) in [6.45, 7) is -0.519. The van der Waals surface area contributed by atoms with E-state index in [9.17, 15) is 13.2 Å². The van der Waals surface area contributed by atoms with E-state index in [1.165, 1.54) is 6.42 Å². The summed E-state index contributed by atoms with van der Waals surface area (Å²) in [5.74, 6) is 0. The SMILES string of the molecule is CSC1CCC(NCCOCC(F)(F)F)C1. The predicted octanol–water partition coefficient (Wildman–Crippen LogP) is 2.44. The normalized spacial score (nSPS) is 26.2. The van der Waals surface area contributed by atoms with E-state index in [0.29, 0.717) is 17.8 Å². The Bertz CT molecular complexity index is 201. The van der Waals surface area contributed by atoms with Gasteiger partial charge in [0.1, 0.15) is 6.61 Å². The van der Waals surface area contributed by atoms with E-state index < -0.39 is 12.8 Å². The van der Waals surface area contributed by atoms with Crippen LogP contribution in [0.1, 0.15) is 19.3 Å². The third kappa shape index (κ3) is 5.96. The maximum atomic E-state index is 11.7. The molecule has 1 saturated carbocycles. The Morgan fingerprint density at radius 3 is 2.69 bits per heavy atom. The summed E-state index contributed by atoms with van der Waals surface area (Å²) in [5.41, 5.74) is 0. The second-order valence-electron chi connectivity index (χ2n) is 3.99. The molecule has 0 radical (unpaired) electrons. The molecule has 2 atom stereocenters. The lowest BCUT2D eigenvalue weighted by Crippen LogP contribution is -2.31. The summed E-state index contributed by atoms with van der Waals surface area (Å²) in [6.07, 6.45) is 1.31. The van der Waals surface area contributed by atoms with Crippen LogP contribution >= 0.6 is 11.8 Å². The fraction of sp³-hybridized carbons (Fsp3) is 1.00. The minimum Gasteiger partial charge on any atom is -0.371 e. The van der Waals surface area contributed by atoms with E-state index in [1.54, 1.807) is 0 Å². The summed E-state index contributed by atoms with van der Waals surface area (Å²) in [5, 5.41) is 3.93. The molecule has 0 aromatic carbocycles. The van der Waals surface area contributed by atoms with E-state index in [2.05, 4.69) is 16.3 Å². The predicted molar refractivity (Wildman–Crippen MR) is 59.8 cm³/mol. The number of hydrogen-bond acceptors (Lipinski definition) is 3. The lowest BCUT2D eigenvalue weighted by Gasteiger charge is -2.13. The zero-order valence-corrected chi connectivity index (χ0v) is 10.2. The first-order valence-electron chi connectivity index (χ1n) is 5.42. The van der Waals surface area contributed by atoms with Gasteiger partial charge in [-0.2, -0.15) is 24.9 Å². The summed E-state index contributed by atoms with van der Waals surface area (Å²) < 4.78 is 39.7. The Morgan fingerprint density at radius 2 is 2.12 bits per heavy atom. The average Bonchev–Trinajstić information content (AvgIpc) is 2.63. The minimum atomic E-state index is -4.21. The Hall–Kier alpha value is 0.0600. The van der Waals surface area contributed by atoms with Crippen LogP contribution in [-0.4, -0.2) is 43.5 Å². The summed E-state index contributed by atoms with van der Waals surface area (Å²) in [6, 6.07) is 0.451. The molecule has 0 bridgehead atoms. The molecule has 1 aliphatic rings. The van der Waals surface area contributed by atoms with Crippen molar-refractivity contribution in [3.8, 4) is 0 Å². The van der Waals surface area contributed by atoms with Crippen LogP contribution in [0.5, 0.6) is 0 Å². The van der Waals surface area contributed by atoms with Crippen LogP contribution in [0.15, 0.2) is 0 Å². The Morgan fingerprint density at radius 1 is 1.38 bits per heavy atom. The molecule has 1 aliphatic carbocycles. The summed E-state index contributed by atoms with van der Waals surface area (Å²) in [7, 11) is 0. The van der Waals surface area contributed by atoms with Crippen molar-refractivity contribution in [1.82, 2.24) is 5.32 Å². The Balaban J connectivity index is 1.96. The maximum Gasteiger partial charge on any atom is 0.411 e. The summed E-state index contributed by atoms with van der Waals surface area (Å²) >= 11 is 1.86. The van der Waals surface area contributed by atoms with E-state index in [-0.39, 0.29) is 6.61 Å². The Labute approximate surface area is 98.3 Å². The van der Waals surface area contributed by atoms with E-state index >= 15 is 0 Å². The highest BCUT2D eigenvalue weighted by atomic mass is 32.2. The molecule has 0 amide bonds. The molecule has 6 heteroatoms. The van der Waals surface area contributed by atoms with Gasteiger partial charge in [0, 0.05) is 17.8 Å². The molecule has 96 valence electrons. The molecular weight excluding hydrogens is 239 g/mol. The molecule has 16 heavy (non-hydrogen) atoms. The molecule has 0 aromatic heterocycles. The van der Waals surface area contributed by atoms with Gasteiger partial charge in [-0.25, -0.2) is 0 Å². The quantitative estimate of drug-likeness (QED) is 0.738. The van der Waals surface area contributed by atoms with Gasteiger partial charge < -0.3 is 10.1 Å². The van der Waals surface area contributed by atoms with Crippen LogP contribution in [0.2, 0.25) is 0 Å². The van der Waals surface area contributed by atoms with Gasteiger partial charge in [0.05, 0.1) is 6.61 Å². The van der Waals surface area contributed by atoms with Crippen molar-refractivity contribution in [3.05, 3.63) is 0 Å². The van der Waals surface area contributed by atoms with Gasteiger partial charge in [0.25, 0.3) is 0 Å². The standard InChI is InChI=1S/C10H18F3NOS/c1-16-9-3-2-8(6-9)14-4-5-15-7-10(11,12)13/h8-9,14H,2-7H2,1H3. The zero-order chi connectivity index (χ0) is 12.0. The van der Waals surface area contributed by atoms with E-state index in [1.807, 2.05) is 11.8 Å². The molecule has 0 heterocycles. The van der Waals surface area contributed by atoms with Gasteiger partial charge in [-0.15, -0.1) is 0 Å². The lowest BCUT2D eigenvalue weighted by atomic mass is 10.2. The number of rotatable bonds is 6. The van der Waals surface area contributed by atoms with Crippen LogP contribution in [0.25, 0.3) is 0 Å². The largest absolute Gasteiger partial charge is 0.411 e. The number of hydrogen-bond donors (Lipinski definition) is 1. The minimum absolute atomic E-state index is 0.125. The molecule has 0 saturated heterocycles. The molecule has 2 unspecified atom stereocenters. The highest BCUT2D eigenvalue weighted by molar-refractivity contribution is 7.99.